The van der Waals surface area contributed by atoms with Gasteiger partial charge in [-0.05, 0) is 56.9 Å². The van der Waals surface area contributed by atoms with Crippen LogP contribution < -0.4 is 4.74 Å². The number of hydrogen-bond acceptors (Lipinski definition) is 6. The van der Waals surface area contributed by atoms with Crippen LogP contribution in [0.4, 0.5) is 4.39 Å². The summed E-state index contributed by atoms with van der Waals surface area (Å²) in [5.74, 6) is 0.926. The van der Waals surface area contributed by atoms with Crippen molar-refractivity contribution in [2.75, 3.05) is 32.8 Å². The summed E-state index contributed by atoms with van der Waals surface area (Å²) in [5.41, 5.74) is 0.991. The van der Waals surface area contributed by atoms with E-state index in [1.165, 1.54) is 0 Å². The van der Waals surface area contributed by atoms with Gasteiger partial charge in [-0.1, -0.05) is 6.58 Å². The molecule has 33 heavy (non-hydrogen) atoms. The minimum absolute atomic E-state index is 0.223. The molecule has 2 saturated heterocycles. The van der Waals surface area contributed by atoms with Crippen molar-refractivity contribution >= 4 is 11.2 Å². The van der Waals surface area contributed by atoms with Gasteiger partial charge < -0.3 is 14.1 Å². The Morgan fingerprint density at radius 2 is 2.00 bits per heavy atom. The van der Waals surface area contributed by atoms with Crippen molar-refractivity contribution in [3.63, 3.8) is 0 Å². The van der Waals surface area contributed by atoms with Gasteiger partial charge in [0.15, 0.2) is 11.3 Å². The second-order valence-electron chi connectivity index (χ2n) is 9.03. The summed E-state index contributed by atoms with van der Waals surface area (Å²) < 4.78 is 29.3. The monoisotopic (exact) mass is 453 g/mol. The molecule has 3 aromatic heterocycles. The SMILES string of the molecule is C=C(N1CCC(n2c(OCC)nc3cccnc32)CC1)C1(F)CCN(Cc2ccco2)CC1. The number of ether oxygens (including phenoxy) is 1. The van der Waals surface area contributed by atoms with Crippen LogP contribution >= 0.6 is 0 Å². The summed E-state index contributed by atoms with van der Waals surface area (Å²) in [6.07, 6.45) is 6.17. The summed E-state index contributed by atoms with van der Waals surface area (Å²) in [7, 11) is 0. The van der Waals surface area contributed by atoms with Gasteiger partial charge >= 0.3 is 0 Å². The molecule has 2 fully saturated rings. The number of aromatic nitrogens is 3. The second kappa shape index (κ2) is 9.17. The van der Waals surface area contributed by atoms with Crippen LogP contribution in [0.5, 0.6) is 6.01 Å². The van der Waals surface area contributed by atoms with Gasteiger partial charge in [0, 0.05) is 44.1 Å². The summed E-state index contributed by atoms with van der Waals surface area (Å²) in [6, 6.07) is 8.56. The Labute approximate surface area is 193 Å². The lowest BCUT2D eigenvalue weighted by Crippen LogP contribution is -2.47. The van der Waals surface area contributed by atoms with Gasteiger partial charge in [-0.25, -0.2) is 9.37 Å². The Kier molecular flexibility index (Phi) is 6.10. The van der Waals surface area contributed by atoms with E-state index in [-0.39, 0.29) is 6.04 Å². The molecule has 0 saturated carbocycles. The summed E-state index contributed by atoms with van der Waals surface area (Å²) in [4.78, 5) is 13.6. The molecule has 2 aliphatic heterocycles. The molecule has 176 valence electrons. The van der Waals surface area contributed by atoms with Gasteiger partial charge in [0.2, 0.25) is 0 Å². The number of rotatable bonds is 7. The van der Waals surface area contributed by atoms with E-state index in [1.54, 1.807) is 12.5 Å². The Morgan fingerprint density at radius 3 is 2.70 bits per heavy atom. The van der Waals surface area contributed by atoms with E-state index < -0.39 is 5.67 Å². The van der Waals surface area contributed by atoms with Gasteiger partial charge in [-0.3, -0.25) is 9.47 Å². The lowest BCUT2D eigenvalue weighted by atomic mass is 9.88. The number of halogens is 1. The van der Waals surface area contributed by atoms with Gasteiger partial charge in [-0.15, -0.1) is 0 Å². The van der Waals surface area contributed by atoms with E-state index in [0.717, 1.165) is 49.4 Å². The highest BCUT2D eigenvalue weighted by Gasteiger charge is 2.40. The van der Waals surface area contributed by atoms with E-state index in [2.05, 4.69) is 30.9 Å². The molecule has 7 nitrogen and oxygen atoms in total. The van der Waals surface area contributed by atoms with Crippen molar-refractivity contribution in [3.05, 3.63) is 54.8 Å². The molecule has 0 radical (unpaired) electrons. The van der Waals surface area contributed by atoms with Crippen molar-refractivity contribution in [1.82, 2.24) is 24.3 Å². The number of hydrogen-bond donors (Lipinski definition) is 0. The summed E-state index contributed by atoms with van der Waals surface area (Å²) in [5, 5.41) is 0. The van der Waals surface area contributed by atoms with Crippen molar-refractivity contribution in [2.45, 2.75) is 50.9 Å². The minimum Gasteiger partial charge on any atom is -0.468 e. The highest BCUT2D eigenvalue weighted by molar-refractivity contribution is 5.72. The van der Waals surface area contributed by atoms with Crippen LogP contribution in [0, 0.1) is 0 Å². The fourth-order valence-electron chi connectivity index (χ4n) is 5.12. The molecule has 0 spiro atoms. The molecule has 0 N–H and O–H groups in total. The molecular formula is C25H32FN5O2. The van der Waals surface area contributed by atoms with Gasteiger partial charge in [-0.2, -0.15) is 4.98 Å². The normalized spacial score (nSPS) is 19.8. The molecular weight excluding hydrogens is 421 g/mol. The topological polar surface area (TPSA) is 59.6 Å². The number of piperidine rings is 2. The Bertz CT molecular complexity index is 1080. The van der Waals surface area contributed by atoms with Crippen molar-refractivity contribution in [3.8, 4) is 6.01 Å². The number of fused-ring (bicyclic) bond motifs is 1. The van der Waals surface area contributed by atoms with Gasteiger partial charge in [0.25, 0.3) is 6.01 Å². The van der Waals surface area contributed by atoms with E-state index in [9.17, 15) is 0 Å². The molecule has 5 heterocycles. The number of imidazole rings is 1. The predicted molar refractivity (Wildman–Crippen MR) is 125 cm³/mol. The van der Waals surface area contributed by atoms with Crippen molar-refractivity contribution in [1.29, 1.82) is 0 Å². The van der Waals surface area contributed by atoms with Gasteiger partial charge in [0.05, 0.1) is 19.4 Å². The number of furan rings is 1. The maximum absolute atomic E-state index is 15.9. The summed E-state index contributed by atoms with van der Waals surface area (Å²) >= 11 is 0. The maximum Gasteiger partial charge on any atom is 0.298 e. The van der Waals surface area contributed by atoms with Crippen LogP contribution in [0.25, 0.3) is 11.2 Å². The minimum atomic E-state index is -1.34. The van der Waals surface area contributed by atoms with E-state index in [4.69, 9.17) is 9.15 Å². The predicted octanol–water partition coefficient (Wildman–Crippen LogP) is 4.58. The van der Waals surface area contributed by atoms with Crippen molar-refractivity contribution < 1.29 is 13.5 Å². The molecule has 0 aromatic carbocycles. The Hall–Kier alpha value is -2.87. The smallest absolute Gasteiger partial charge is 0.298 e. The summed E-state index contributed by atoms with van der Waals surface area (Å²) in [6.45, 7) is 10.4. The zero-order valence-corrected chi connectivity index (χ0v) is 19.3. The fraction of sp³-hybridized carbons (Fsp3) is 0.520. The van der Waals surface area contributed by atoms with E-state index in [0.29, 0.717) is 44.2 Å². The third-order valence-corrected chi connectivity index (χ3v) is 7.03. The molecule has 0 aliphatic carbocycles. The first-order valence-corrected chi connectivity index (χ1v) is 11.9. The third-order valence-electron chi connectivity index (χ3n) is 7.03. The first kappa shape index (κ1) is 21.9. The maximum atomic E-state index is 15.9. The van der Waals surface area contributed by atoms with Crippen molar-refractivity contribution in [2.24, 2.45) is 0 Å². The van der Waals surface area contributed by atoms with Crippen LogP contribution in [0.1, 0.15) is 44.4 Å². The quantitative estimate of drug-likeness (QED) is 0.522. The number of allylic oxidation sites excluding steroid dienone is 1. The molecule has 0 unspecified atom stereocenters. The zero-order valence-electron chi connectivity index (χ0n) is 19.3. The fourth-order valence-corrected chi connectivity index (χ4v) is 5.12. The van der Waals surface area contributed by atoms with Crippen LogP contribution in [0.3, 0.4) is 0 Å². The molecule has 0 atom stereocenters. The lowest BCUT2D eigenvalue weighted by molar-refractivity contribution is 0.0495. The zero-order chi connectivity index (χ0) is 22.8. The molecule has 2 aliphatic rings. The molecule has 0 amide bonds. The lowest BCUT2D eigenvalue weighted by Gasteiger charge is -2.43. The number of likely N-dealkylation sites (tertiary alicyclic amines) is 2. The number of alkyl halides is 1. The highest BCUT2D eigenvalue weighted by Crippen LogP contribution is 2.38. The molecule has 8 heteroatoms. The first-order chi connectivity index (χ1) is 16.1. The standard InChI is InChI=1S/C25H32FN5O2/c1-3-32-24-28-22-7-4-12-27-23(22)31(24)20-8-13-30(14-9-20)19(2)25(26)10-15-29(16-11-25)18-21-6-5-17-33-21/h4-7,12,17,20H,2-3,8-11,13-16,18H2,1H3. The van der Waals surface area contributed by atoms with E-state index >= 15 is 4.39 Å². The van der Waals surface area contributed by atoms with Crippen LogP contribution in [-0.2, 0) is 6.54 Å². The molecule has 3 aromatic rings. The van der Waals surface area contributed by atoms with Crippen LogP contribution in [0.2, 0.25) is 0 Å². The average Bonchev–Trinajstić information content (AvgIpc) is 3.48. The molecule has 5 rings (SSSR count). The Balaban J connectivity index is 1.21. The van der Waals surface area contributed by atoms with Crippen LogP contribution in [-0.4, -0.2) is 62.8 Å². The number of pyridine rings is 1. The third kappa shape index (κ3) is 4.36. The number of nitrogens with zero attached hydrogens (tertiary/aromatic N) is 5. The Morgan fingerprint density at radius 1 is 1.21 bits per heavy atom. The largest absolute Gasteiger partial charge is 0.468 e. The second-order valence-corrected chi connectivity index (χ2v) is 9.03. The van der Waals surface area contributed by atoms with Gasteiger partial charge in [0.1, 0.15) is 11.3 Å². The molecule has 0 bridgehead atoms. The van der Waals surface area contributed by atoms with Crippen LogP contribution in [0.15, 0.2) is 53.4 Å². The average molecular weight is 454 g/mol. The van der Waals surface area contributed by atoms with E-state index in [1.807, 2.05) is 31.2 Å². The first-order valence-electron chi connectivity index (χ1n) is 11.9. The highest BCUT2D eigenvalue weighted by atomic mass is 19.1.